The predicted octanol–water partition coefficient (Wildman–Crippen LogP) is 1.56. The molecule has 2 heterocycles. The van der Waals surface area contributed by atoms with Crippen LogP contribution in [0.3, 0.4) is 0 Å². The van der Waals surface area contributed by atoms with Gasteiger partial charge in [-0.05, 0) is 18.1 Å². The smallest absolute Gasteiger partial charge is 0.353 e. The Morgan fingerprint density at radius 1 is 1.31 bits per heavy atom. The molecule has 0 aromatic heterocycles. The minimum atomic E-state index is -4.42. The second-order valence-electron chi connectivity index (χ2n) is 6.36. The molecule has 2 aliphatic heterocycles. The van der Waals surface area contributed by atoms with Gasteiger partial charge in [-0.2, -0.15) is 13.2 Å². The van der Waals surface area contributed by atoms with E-state index >= 15 is 0 Å². The van der Waals surface area contributed by atoms with Crippen LogP contribution in [0, 0.1) is 0 Å². The van der Waals surface area contributed by atoms with Crippen molar-refractivity contribution in [2.45, 2.75) is 31.6 Å². The molecular formula is C17H20F3N3O3. The number of halogens is 3. The molecule has 1 atom stereocenters. The van der Waals surface area contributed by atoms with E-state index in [1.807, 2.05) is 0 Å². The second-order valence-corrected chi connectivity index (χ2v) is 6.36. The summed E-state index contributed by atoms with van der Waals surface area (Å²) in [6, 6.07) is 4.30. The molecule has 142 valence electrons. The van der Waals surface area contributed by atoms with Crippen molar-refractivity contribution < 1.29 is 27.6 Å². The molecule has 9 heteroatoms. The number of hydrogen-bond donors (Lipinski definition) is 1. The normalized spacial score (nSPS) is 21.7. The SMILES string of the molecule is O=C1NCCN(Cc2cccc(C(F)(F)F)c2)[C@H]1CC(=O)N1CCCO1. The third-order valence-electron chi connectivity index (χ3n) is 4.48. The van der Waals surface area contributed by atoms with E-state index in [1.54, 1.807) is 11.0 Å². The lowest BCUT2D eigenvalue weighted by molar-refractivity contribution is -0.171. The number of carbonyl (C=O) groups is 2. The van der Waals surface area contributed by atoms with Crippen LogP contribution >= 0.6 is 0 Å². The maximum Gasteiger partial charge on any atom is 0.416 e. The highest BCUT2D eigenvalue weighted by atomic mass is 19.4. The van der Waals surface area contributed by atoms with Crippen molar-refractivity contribution in [3.8, 4) is 0 Å². The number of alkyl halides is 3. The molecule has 3 rings (SSSR count). The van der Waals surface area contributed by atoms with Gasteiger partial charge in [0.05, 0.1) is 31.2 Å². The minimum absolute atomic E-state index is 0.0647. The maximum atomic E-state index is 12.9. The molecule has 0 spiro atoms. The highest BCUT2D eigenvalue weighted by Gasteiger charge is 2.35. The van der Waals surface area contributed by atoms with E-state index in [0.717, 1.165) is 18.6 Å². The van der Waals surface area contributed by atoms with E-state index in [2.05, 4.69) is 5.32 Å². The Morgan fingerprint density at radius 2 is 2.12 bits per heavy atom. The molecule has 2 fully saturated rings. The van der Waals surface area contributed by atoms with Crippen LogP contribution in [0.15, 0.2) is 24.3 Å². The molecular weight excluding hydrogens is 351 g/mol. The van der Waals surface area contributed by atoms with Crippen LogP contribution in [-0.2, 0) is 27.1 Å². The van der Waals surface area contributed by atoms with E-state index in [9.17, 15) is 22.8 Å². The number of nitrogens with one attached hydrogen (secondary N) is 1. The molecule has 0 radical (unpaired) electrons. The molecule has 0 saturated carbocycles. The van der Waals surface area contributed by atoms with Gasteiger partial charge in [0.1, 0.15) is 0 Å². The molecule has 1 aromatic rings. The van der Waals surface area contributed by atoms with Gasteiger partial charge in [0, 0.05) is 19.6 Å². The van der Waals surface area contributed by atoms with Crippen molar-refractivity contribution in [2.75, 3.05) is 26.2 Å². The lowest BCUT2D eigenvalue weighted by Crippen LogP contribution is -2.56. The summed E-state index contributed by atoms with van der Waals surface area (Å²) in [6.07, 6.45) is -3.74. The summed E-state index contributed by atoms with van der Waals surface area (Å²) in [5, 5.41) is 3.96. The van der Waals surface area contributed by atoms with Gasteiger partial charge < -0.3 is 5.32 Å². The van der Waals surface area contributed by atoms with Gasteiger partial charge in [0.2, 0.25) is 11.8 Å². The second kappa shape index (κ2) is 7.63. The molecule has 0 aliphatic carbocycles. The fourth-order valence-electron chi connectivity index (χ4n) is 3.17. The van der Waals surface area contributed by atoms with Gasteiger partial charge in [-0.25, -0.2) is 5.06 Å². The average molecular weight is 371 g/mol. The molecule has 2 aliphatic rings. The number of amides is 2. The first-order valence-corrected chi connectivity index (χ1v) is 8.46. The summed E-state index contributed by atoms with van der Waals surface area (Å²) >= 11 is 0. The highest BCUT2D eigenvalue weighted by molar-refractivity contribution is 5.88. The Kier molecular flexibility index (Phi) is 5.47. The average Bonchev–Trinajstić information content (AvgIpc) is 3.12. The van der Waals surface area contributed by atoms with E-state index in [-0.39, 0.29) is 24.8 Å². The van der Waals surface area contributed by atoms with Crippen LogP contribution in [0.25, 0.3) is 0 Å². The van der Waals surface area contributed by atoms with E-state index in [0.29, 0.717) is 31.8 Å². The Morgan fingerprint density at radius 3 is 2.81 bits per heavy atom. The van der Waals surface area contributed by atoms with Gasteiger partial charge in [0.25, 0.3) is 0 Å². The van der Waals surface area contributed by atoms with Crippen LogP contribution < -0.4 is 5.32 Å². The van der Waals surface area contributed by atoms with E-state index in [4.69, 9.17) is 4.84 Å². The summed E-state index contributed by atoms with van der Waals surface area (Å²) in [7, 11) is 0. The molecule has 26 heavy (non-hydrogen) atoms. The third kappa shape index (κ3) is 4.34. The number of benzene rings is 1. The van der Waals surface area contributed by atoms with Gasteiger partial charge in [-0.3, -0.25) is 19.3 Å². The Balaban J connectivity index is 1.72. The maximum absolute atomic E-state index is 12.9. The first kappa shape index (κ1) is 18.7. The summed E-state index contributed by atoms with van der Waals surface area (Å²) in [5.74, 6) is -0.589. The third-order valence-corrected chi connectivity index (χ3v) is 4.48. The minimum Gasteiger partial charge on any atom is -0.353 e. The topological polar surface area (TPSA) is 61.9 Å². The zero-order valence-corrected chi connectivity index (χ0v) is 14.1. The fourth-order valence-corrected chi connectivity index (χ4v) is 3.17. The van der Waals surface area contributed by atoms with Gasteiger partial charge in [0.15, 0.2) is 0 Å². The Hall–Kier alpha value is -2.13. The molecule has 2 amide bonds. The van der Waals surface area contributed by atoms with Crippen molar-refractivity contribution in [3.05, 3.63) is 35.4 Å². The van der Waals surface area contributed by atoms with E-state index < -0.39 is 17.8 Å². The number of carbonyl (C=O) groups excluding carboxylic acids is 2. The Bertz CT molecular complexity index is 675. The largest absolute Gasteiger partial charge is 0.416 e. The number of rotatable bonds is 4. The Labute approximate surface area is 148 Å². The number of piperazine rings is 1. The van der Waals surface area contributed by atoms with Crippen molar-refractivity contribution in [2.24, 2.45) is 0 Å². The van der Waals surface area contributed by atoms with Gasteiger partial charge in [-0.15, -0.1) is 0 Å². The van der Waals surface area contributed by atoms with Crippen LogP contribution in [-0.4, -0.2) is 54.1 Å². The van der Waals surface area contributed by atoms with Crippen LogP contribution in [0.4, 0.5) is 13.2 Å². The summed E-state index contributed by atoms with van der Waals surface area (Å²) in [6.45, 7) is 1.97. The first-order chi connectivity index (χ1) is 12.3. The standard InChI is InChI=1S/C17H20F3N3O3/c18-17(19,20)13-4-1-3-12(9-13)11-22-7-5-21-16(25)14(22)10-15(24)23-6-2-8-26-23/h1,3-4,9,14H,2,5-8,10-11H2,(H,21,25)/t14-/m0/s1. The van der Waals surface area contributed by atoms with Crippen molar-refractivity contribution >= 4 is 11.8 Å². The van der Waals surface area contributed by atoms with Crippen LogP contribution in [0.2, 0.25) is 0 Å². The predicted molar refractivity (Wildman–Crippen MR) is 85.6 cm³/mol. The van der Waals surface area contributed by atoms with Crippen molar-refractivity contribution in [1.82, 2.24) is 15.3 Å². The first-order valence-electron chi connectivity index (χ1n) is 8.46. The zero-order valence-electron chi connectivity index (χ0n) is 14.1. The molecule has 1 aromatic carbocycles. The molecule has 2 saturated heterocycles. The van der Waals surface area contributed by atoms with Crippen molar-refractivity contribution in [1.29, 1.82) is 0 Å². The fraction of sp³-hybridized carbons (Fsp3) is 0.529. The number of hydroxylamine groups is 2. The van der Waals surface area contributed by atoms with Gasteiger partial charge >= 0.3 is 6.18 Å². The number of hydrogen-bond acceptors (Lipinski definition) is 4. The summed E-state index contributed by atoms with van der Waals surface area (Å²) in [4.78, 5) is 31.5. The molecule has 1 N–H and O–H groups in total. The van der Waals surface area contributed by atoms with E-state index in [1.165, 1.54) is 11.1 Å². The molecule has 0 bridgehead atoms. The monoisotopic (exact) mass is 371 g/mol. The lowest BCUT2D eigenvalue weighted by atomic mass is 10.0. The zero-order chi connectivity index (χ0) is 18.7. The summed E-state index contributed by atoms with van der Waals surface area (Å²) < 4.78 is 38.7. The molecule has 6 nitrogen and oxygen atoms in total. The van der Waals surface area contributed by atoms with Gasteiger partial charge in [-0.1, -0.05) is 18.2 Å². The highest BCUT2D eigenvalue weighted by Crippen LogP contribution is 2.30. The van der Waals surface area contributed by atoms with Crippen LogP contribution in [0.5, 0.6) is 0 Å². The van der Waals surface area contributed by atoms with Crippen LogP contribution in [0.1, 0.15) is 24.0 Å². The lowest BCUT2D eigenvalue weighted by Gasteiger charge is -2.35. The molecule has 0 unspecified atom stereocenters. The van der Waals surface area contributed by atoms with Crippen molar-refractivity contribution in [3.63, 3.8) is 0 Å². The number of nitrogens with zero attached hydrogens (tertiary/aromatic N) is 2. The quantitative estimate of drug-likeness (QED) is 0.873. The summed E-state index contributed by atoms with van der Waals surface area (Å²) in [5.41, 5.74) is -0.279.